The summed E-state index contributed by atoms with van der Waals surface area (Å²) >= 11 is 0. The van der Waals surface area contributed by atoms with Crippen LogP contribution in [0.5, 0.6) is 11.5 Å². The van der Waals surface area contributed by atoms with Crippen molar-refractivity contribution in [2.75, 3.05) is 12.4 Å². The molecule has 1 heterocycles. The van der Waals surface area contributed by atoms with Gasteiger partial charge in [-0.1, -0.05) is 6.07 Å². The Labute approximate surface area is 127 Å². The predicted octanol–water partition coefficient (Wildman–Crippen LogP) is 3.06. The predicted molar refractivity (Wildman–Crippen MR) is 85.3 cm³/mol. The minimum atomic E-state index is -0.123. The number of aromatic hydroxyl groups is 1. The van der Waals surface area contributed by atoms with Gasteiger partial charge in [0.2, 0.25) is 5.91 Å². The Bertz CT molecular complexity index is 824. The fourth-order valence-electron chi connectivity index (χ4n) is 2.35. The number of carbonyl (C=O) groups is 1. The van der Waals surface area contributed by atoms with Crippen molar-refractivity contribution in [3.8, 4) is 11.5 Å². The lowest BCUT2D eigenvalue weighted by Gasteiger charge is -2.08. The highest BCUT2D eigenvalue weighted by Crippen LogP contribution is 2.26. The summed E-state index contributed by atoms with van der Waals surface area (Å²) in [4.78, 5) is 15.2. The number of aromatic nitrogens is 1. The first-order valence-electron chi connectivity index (χ1n) is 6.88. The summed E-state index contributed by atoms with van der Waals surface area (Å²) in [7, 11) is 1.48. The fraction of sp³-hybridized carbons (Fsp3) is 0.118. The molecule has 0 spiro atoms. The number of ether oxygens (including phenoxy) is 1. The van der Waals surface area contributed by atoms with Crippen LogP contribution in [0.4, 0.5) is 5.69 Å². The number of fused-ring (bicyclic) bond motifs is 1. The Kier molecular flexibility index (Phi) is 3.70. The normalized spacial score (nSPS) is 10.6. The third kappa shape index (κ3) is 2.88. The van der Waals surface area contributed by atoms with Crippen molar-refractivity contribution in [1.29, 1.82) is 0 Å². The van der Waals surface area contributed by atoms with Gasteiger partial charge in [0, 0.05) is 22.8 Å². The van der Waals surface area contributed by atoms with Crippen LogP contribution in [0.2, 0.25) is 0 Å². The first-order valence-corrected chi connectivity index (χ1v) is 6.88. The number of rotatable bonds is 4. The Morgan fingerprint density at radius 2 is 2.09 bits per heavy atom. The van der Waals surface area contributed by atoms with Gasteiger partial charge in [0.05, 0.1) is 13.5 Å². The number of hydrogen-bond acceptors (Lipinski definition) is 3. The molecule has 0 unspecified atom stereocenters. The molecule has 3 N–H and O–H groups in total. The lowest BCUT2D eigenvalue weighted by Crippen LogP contribution is -2.14. The van der Waals surface area contributed by atoms with Gasteiger partial charge in [0.1, 0.15) is 0 Å². The van der Waals surface area contributed by atoms with Gasteiger partial charge in [-0.25, -0.2) is 0 Å². The van der Waals surface area contributed by atoms with Gasteiger partial charge < -0.3 is 20.1 Å². The topological polar surface area (TPSA) is 74.3 Å². The van der Waals surface area contributed by atoms with Crippen LogP contribution in [-0.4, -0.2) is 23.1 Å². The van der Waals surface area contributed by atoms with Crippen molar-refractivity contribution in [1.82, 2.24) is 4.98 Å². The number of carbonyl (C=O) groups excluding carboxylic acids is 1. The minimum Gasteiger partial charge on any atom is -0.504 e. The van der Waals surface area contributed by atoms with Crippen LogP contribution < -0.4 is 10.1 Å². The number of benzene rings is 2. The second kappa shape index (κ2) is 5.81. The second-order valence-corrected chi connectivity index (χ2v) is 5.01. The number of amides is 1. The Balaban J connectivity index is 1.71. The van der Waals surface area contributed by atoms with Crippen molar-refractivity contribution in [2.45, 2.75) is 6.42 Å². The number of nitrogens with one attached hydrogen (secondary N) is 2. The zero-order valence-electron chi connectivity index (χ0n) is 12.1. The van der Waals surface area contributed by atoms with Gasteiger partial charge >= 0.3 is 0 Å². The first kappa shape index (κ1) is 14.0. The number of aromatic amines is 1. The van der Waals surface area contributed by atoms with E-state index >= 15 is 0 Å². The molecule has 3 aromatic rings. The van der Waals surface area contributed by atoms with E-state index in [-0.39, 0.29) is 18.1 Å². The van der Waals surface area contributed by atoms with E-state index in [1.54, 1.807) is 12.1 Å². The van der Waals surface area contributed by atoms with Crippen molar-refractivity contribution >= 4 is 22.5 Å². The molecule has 0 saturated heterocycles. The summed E-state index contributed by atoms with van der Waals surface area (Å²) in [5.41, 5.74) is 2.55. The smallest absolute Gasteiger partial charge is 0.228 e. The Morgan fingerprint density at radius 3 is 2.91 bits per heavy atom. The van der Waals surface area contributed by atoms with E-state index in [0.29, 0.717) is 5.75 Å². The van der Waals surface area contributed by atoms with Gasteiger partial charge in [-0.2, -0.15) is 0 Å². The summed E-state index contributed by atoms with van der Waals surface area (Å²) in [5.74, 6) is 0.297. The molecule has 5 nitrogen and oxygen atoms in total. The zero-order chi connectivity index (χ0) is 15.5. The molecular weight excluding hydrogens is 280 g/mol. The van der Waals surface area contributed by atoms with Crippen molar-refractivity contribution in [3.63, 3.8) is 0 Å². The quantitative estimate of drug-likeness (QED) is 0.692. The summed E-state index contributed by atoms with van der Waals surface area (Å²) < 4.78 is 5.04. The van der Waals surface area contributed by atoms with Crippen molar-refractivity contribution in [2.24, 2.45) is 0 Å². The fourth-order valence-corrected chi connectivity index (χ4v) is 2.35. The lowest BCUT2D eigenvalue weighted by molar-refractivity contribution is -0.115. The third-order valence-electron chi connectivity index (χ3n) is 3.45. The molecule has 0 bridgehead atoms. The number of phenolic OH excluding ortho intramolecular Hbond substituents is 1. The van der Waals surface area contributed by atoms with Gasteiger partial charge in [-0.15, -0.1) is 0 Å². The molecule has 0 aliphatic carbocycles. The van der Waals surface area contributed by atoms with Crippen LogP contribution in [0.25, 0.3) is 10.9 Å². The highest BCUT2D eigenvalue weighted by molar-refractivity contribution is 5.94. The molecule has 0 radical (unpaired) electrons. The van der Waals surface area contributed by atoms with E-state index in [1.807, 2.05) is 30.5 Å². The van der Waals surface area contributed by atoms with Crippen LogP contribution in [0.15, 0.2) is 48.7 Å². The van der Waals surface area contributed by atoms with Crippen molar-refractivity contribution < 1.29 is 14.6 Å². The summed E-state index contributed by atoms with van der Waals surface area (Å²) in [6, 6.07) is 12.5. The van der Waals surface area contributed by atoms with Crippen LogP contribution in [0.1, 0.15) is 5.56 Å². The average molecular weight is 296 g/mol. The SMILES string of the molecule is COc1cc(CC(=O)Nc2ccc3[nH]ccc3c2)ccc1O. The summed E-state index contributed by atoms with van der Waals surface area (Å²) in [6.45, 7) is 0. The molecule has 1 amide bonds. The molecule has 22 heavy (non-hydrogen) atoms. The number of phenols is 1. The van der Waals surface area contributed by atoms with E-state index < -0.39 is 0 Å². The third-order valence-corrected chi connectivity index (χ3v) is 3.45. The lowest BCUT2D eigenvalue weighted by atomic mass is 10.1. The molecule has 0 aliphatic heterocycles. The number of hydrogen-bond donors (Lipinski definition) is 3. The van der Waals surface area contributed by atoms with Crippen LogP contribution >= 0.6 is 0 Å². The maximum atomic E-state index is 12.1. The molecule has 5 heteroatoms. The number of methoxy groups -OCH3 is 1. The monoisotopic (exact) mass is 296 g/mol. The largest absolute Gasteiger partial charge is 0.504 e. The van der Waals surface area contributed by atoms with Crippen LogP contribution in [0, 0.1) is 0 Å². The summed E-state index contributed by atoms with van der Waals surface area (Å²) in [6.07, 6.45) is 2.07. The molecule has 0 fully saturated rings. The zero-order valence-corrected chi connectivity index (χ0v) is 12.1. The number of H-pyrrole nitrogens is 1. The molecule has 1 aromatic heterocycles. The highest BCUT2D eigenvalue weighted by atomic mass is 16.5. The molecule has 2 aromatic carbocycles. The van der Waals surface area contributed by atoms with Gasteiger partial charge in [0.25, 0.3) is 0 Å². The Hall–Kier alpha value is -2.95. The highest BCUT2D eigenvalue weighted by Gasteiger charge is 2.08. The maximum Gasteiger partial charge on any atom is 0.228 e. The van der Waals surface area contributed by atoms with Crippen LogP contribution in [-0.2, 0) is 11.2 Å². The molecule has 0 saturated carbocycles. The minimum absolute atomic E-state index is 0.0598. The van der Waals surface area contributed by atoms with Gasteiger partial charge in [0.15, 0.2) is 11.5 Å². The van der Waals surface area contributed by atoms with Gasteiger partial charge in [-0.05, 0) is 42.0 Å². The number of anilines is 1. The van der Waals surface area contributed by atoms with E-state index in [9.17, 15) is 9.90 Å². The van der Waals surface area contributed by atoms with E-state index in [0.717, 1.165) is 22.2 Å². The van der Waals surface area contributed by atoms with Crippen molar-refractivity contribution in [3.05, 3.63) is 54.2 Å². The van der Waals surface area contributed by atoms with E-state index in [1.165, 1.54) is 13.2 Å². The molecule has 112 valence electrons. The Morgan fingerprint density at radius 1 is 1.23 bits per heavy atom. The molecule has 0 aliphatic rings. The van der Waals surface area contributed by atoms with Gasteiger partial charge in [-0.3, -0.25) is 4.79 Å². The summed E-state index contributed by atoms with van der Waals surface area (Å²) in [5, 5.41) is 13.5. The average Bonchev–Trinajstić information content (AvgIpc) is 2.96. The van der Waals surface area contributed by atoms with E-state index in [4.69, 9.17) is 4.74 Å². The van der Waals surface area contributed by atoms with E-state index in [2.05, 4.69) is 10.3 Å². The van der Waals surface area contributed by atoms with Crippen LogP contribution in [0.3, 0.4) is 0 Å². The molecular formula is C17H16N2O3. The molecule has 0 atom stereocenters. The first-order chi connectivity index (χ1) is 10.7. The molecule has 3 rings (SSSR count). The maximum absolute atomic E-state index is 12.1. The standard InChI is InChI=1S/C17H16N2O3/c1-22-16-8-11(2-5-15(16)20)9-17(21)19-13-3-4-14-12(10-13)6-7-18-14/h2-8,10,18,20H,9H2,1H3,(H,19,21). The second-order valence-electron chi connectivity index (χ2n) is 5.01.